The van der Waals surface area contributed by atoms with Crippen LogP contribution in [0.2, 0.25) is 12.1 Å². The van der Waals surface area contributed by atoms with Crippen LogP contribution in [0.4, 0.5) is 0 Å². The van der Waals surface area contributed by atoms with Crippen LogP contribution in [-0.2, 0) is 14.3 Å². The van der Waals surface area contributed by atoms with Crippen LogP contribution in [0.1, 0.15) is 142 Å². The monoisotopic (exact) mass is 557 g/mol. The Morgan fingerprint density at radius 2 is 1.46 bits per heavy atom. The molecule has 1 heterocycles. The van der Waals surface area contributed by atoms with Crippen molar-refractivity contribution in [3.63, 3.8) is 0 Å². The summed E-state index contributed by atoms with van der Waals surface area (Å²) in [5.74, 6) is 1.02. The smallest absolute Gasteiger partial charge is 0.188 e. The van der Waals surface area contributed by atoms with Gasteiger partial charge in [0, 0.05) is 18.8 Å². The molecule has 1 rings (SSSR count). The highest BCUT2D eigenvalue weighted by atomic mass is 32.2. The normalized spacial score (nSPS) is 19.1. The Bertz CT molecular complexity index is 511. The molecule has 1 fully saturated rings. The van der Waals surface area contributed by atoms with Gasteiger partial charge in [-0.15, -0.1) is 0 Å². The van der Waals surface area contributed by atoms with Crippen molar-refractivity contribution >= 4 is 25.8 Å². The summed E-state index contributed by atoms with van der Waals surface area (Å²) >= 11 is 1.59. The fraction of sp³-hybridized carbons (Fsp3) is 0.968. The van der Waals surface area contributed by atoms with E-state index in [4.69, 9.17) is 9.47 Å². The molecule has 220 valence electrons. The summed E-state index contributed by atoms with van der Waals surface area (Å²) in [6.07, 6.45) is 25.7. The van der Waals surface area contributed by atoms with Gasteiger partial charge in [0.25, 0.3) is 0 Å². The minimum absolute atomic E-state index is 0.357. The maximum Gasteiger partial charge on any atom is 0.188 e. The molecule has 1 aliphatic rings. The minimum atomic E-state index is -0.861. The Morgan fingerprint density at radius 3 is 2.14 bits per heavy atom. The first-order chi connectivity index (χ1) is 18.2. The third-order valence-corrected chi connectivity index (χ3v) is 12.6. The van der Waals surface area contributed by atoms with E-state index in [1.165, 1.54) is 121 Å². The number of carbonyl (C=O) groups is 1. The molecule has 0 N–H and O–H groups in total. The number of carbonyl (C=O) groups excluding carboxylic acids is 1. The van der Waals surface area contributed by atoms with Gasteiger partial charge >= 0.3 is 0 Å². The second kappa shape index (κ2) is 26.3. The second-order valence-corrected chi connectivity index (χ2v) is 15.9. The van der Waals surface area contributed by atoms with Crippen molar-refractivity contribution in [3.8, 4) is 0 Å². The first-order valence-corrected chi connectivity index (χ1v) is 19.4. The fourth-order valence-corrected chi connectivity index (χ4v) is 9.54. The molecule has 0 amide bonds. The van der Waals surface area contributed by atoms with Gasteiger partial charge < -0.3 is 14.0 Å². The number of nitrogens with zero attached hydrogens (tertiary/aromatic N) is 1. The summed E-state index contributed by atoms with van der Waals surface area (Å²) in [4.78, 5) is 12.1. The van der Waals surface area contributed by atoms with Gasteiger partial charge in [0.05, 0.1) is 6.10 Å². The highest BCUT2D eigenvalue weighted by molar-refractivity contribution is 8.13. The topological polar surface area (TPSA) is 38.8 Å². The van der Waals surface area contributed by atoms with E-state index in [-0.39, 0.29) is 0 Å². The van der Waals surface area contributed by atoms with E-state index >= 15 is 0 Å². The molecular weight excluding hydrogens is 494 g/mol. The van der Waals surface area contributed by atoms with Gasteiger partial charge in [-0.1, -0.05) is 116 Å². The summed E-state index contributed by atoms with van der Waals surface area (Å²) in [5, 5.41) is 0.416. The third-order valence-electron chi connectivity index (χ3n) is 7.95. The van der Waals surface area contributed by atoms with Crippen molar-refractivity contribution in [1.29, 1.82) is 0 Å². The summed E-state index contributed by atoms with van der Waals surface area (Å²) in [6, 6.07) is 2.73. The number of unbranched alkanes of at least 4 members (excludes halogenated alkanes) is 13. The van der Waals surface area contributed by atoms with Crippen molar-refractivity contribution in [2.24, 2.45) is 0 Å². The lowest BCUT2D eigenvalue weighted by Crippen LogP contribution is -2.40. The van der Waals surface area contributed by atoms with Crippen LogP contribution < -0.4 is 0 Å². The highest BCUT2D eigenvalue weighted by Crippen LogP contribution is 2.21. The average Bonchev–Trinajstić information content (AvgIpc) is 2.89. The zero-order valence-electron chi connectivity index (χ0n) is 25.1. The number of rotatable bonds is 24. The van der Waals surface area contributed by atoms with Gasteiger partial charge in [-0.2, -0.15) is 0 Å². The summed E-state index contributed by atoms with van der Waals surface area (Å²) in [7, 11) is 1.47. The highest BCUT2D eigenvalue weighted by Gasteiger charge is 2.22. The van der Waals surface area contributed by atoms with Crippen molar-refractivity contribution in [1.82, 2.24) is 4.57 Å². The lowest BCUT2D eigenvalue weighted by Gasteiger charge is -2.32. The molecule has 4 nitrogen and oxygen atoms in total. The van der Waals surface area contributed by atoms with E-state index in [9.17, 15) is 4.79 Å². The predicted octanol–water partition coefficient (Wildman–Crippen LogP) is 9.12. The van der Waals surface area contributed by atoms with Crippen LogP contribution in [0.25, 0.3) is 0 Å². The Morgan fingerprint density at radius 1 is 0.838 bits per heavy atom. The van der Waals surface area contributed by atoms with E-state index in [0.717, 1.165) is 38.2 Å². The summed E-state index contributed by atoms with van der Waals surface area (Å²) < 4.78 is 14.6. The van der Waals surface area contributed by atoms with Gasteiger partial charge in [0.1, 0.15) is 15.8 Å². The van der Waals surface area contributed by atoms with E-state index in [1.807, 2.05) is 0 Å². The Hall–Kier alpha value is 0.117. The van der Waals surface area contributed by atoms with Crippen molar-refractivity contribution < 1.29 is 14.3 Å². The van der Waals surface area contributed by atoms with Crippen LogP contribution in [0.15, 0.2) is 0 Å². The zero-order valence-corrected chi connectivity index (χ0v) is 27.1. The standard InChI is InChI=1S/C31H63NO3SSi/c1-4-6-8-10-11-12-13-14-16-18-25-34-29-35-30-21-19-27-37(32(3)24-23-30)28-20-26-36-31(33)22-17-15-9-7-5-2/h30,37H,4-29H2,1-3H3. The molecule has 1 saturated heterocycles. The number of hydrogen-bond acceptors (Lipinski definition) is 5. The van der Waals surface area contributed by atoms with Gasteiger partial charge in [-0.05, 0) is 57.8 Å². The number of ether oxygens (including phenoxy) is 2. The molecule has 0 aliphatic carbocycles. The average molecular weight is 558 g/mol. The predicted molar refractivity (Wildman–Crippen MR) is 166 cm³/mol. The molecule has 0 saturated carbocycles. The van der Waals surface area contributed by atoms with Gasteiger partial charge in [0.15, 0.2) is 5.12 Å². The lowest BCUT2D eigenvalue weighted by molar-refractivity contribution is -0.111. The molecule has 37 heavy (non-hydrogen) atoms. The van der Waals surface area contributed by atoms with Gasteiger partial charge in [-0.3, -0.25) is 4.79 Å². The minimum Gasteiger partial charge on any atom is -0.355 e. The van der Waals surface area contributed by atoms with Crippen LogP contribution in [0, 0.1) is 0 Å². The Kier molecular flexibility index (Phi) is 25.0. The van der Waals surface area contributed by atoms with Crippen LogP contribution in [0.3, 0.4) is 0 Å². The molecule has 0 radical (unpaired) electrons. The first kappa shape index (κ1) is 35.1. The molecule has 0 spiro atoms. The largest absolute Gasteiger partial charge is 0.355 e. The quantitative estimate of drug-likeness (QED) is 0.0672. The molecule has 2 unspecified atom stereocenters. The van der Waals surface area contributed by atoms with Crippen LogP contribution in [-0.4, -0.2) is 57.5 Å². The van der Waals surface area contributed by atoms with E-state index in [1.54, 1.807) is 11.8 Å². The molecule has 2 atom stereocenters. The van der Waals surface area contributed by atoms with E-state index < -0.39 is 8.96 Å². The molecule has 1 aliphatic heterocycles. The maximum absolute atomic E-state index is 12.1. The van der Waals surface area contributed by atoms with Crippen molar-refractivity contribution in [3.05, 3.63) is 0 Å². The Balaban J connectivity index is 1.97. The summed E-state index contributed by atoms with van der Waals surface area (Å²) in [6.45, 7) is 6.99. The third kappa shape index (κ3) is 21.6. The molecule has 0 aromatic heterocycles. The van der Waals surface area contributed by atoms with Crippen molar-refractivity contribution in [2.45, 2.75) is 160 Å². The first-order valence-electron chi connectivity index (χ1n) is 16.2. The SMILES string of the molecule is CCCCCCCCCCCCOCOC1CCC[SiH](CCCSC(=O)CCCCCCC)N(C)CC1. The molecule has 0 aromatic carbocycles. The molecule has 6 heteroatoms. The molecule has 0 bridgehead atoms. The van der Waals surface area contributed by atoms with Crippen molar-refractivity contribution in [2.75, 3.05) is 32.7 Å². The van der Waals surface area contributed by atoms with Crippen LogP contribution >= 0.6 is 11.8 Å². The fourth-order valence-electron chi connectivity index (χ4n) is 5.35. The molecule has 0 aromatic rings. The van der Waals surface area contributed by atoms with E-state index in [2.05, 4.69) is 25.5 Å². The number of hydrogen-bond donors (Lipinski definition) is 0. The van der Waals surface area contributed by atoms with Gasteiger partial charge in [0.2, 0.25) is 0 Å². The summed E-state index contributed by atoms with van der Waals surface area (Å²) in [5.41, 5.74) is 0. The van der Waals surface area contributed by atoms with Gasteiger partial charge in [-0.25, -0.2) is 0 Å². The lowest BCUT2D eigenvalue weighted by atomic mass is 10.1. The van der Waals surface area contributed by atoms with E-state index in [0.29, 0.717) is 18.0 Å². The Labute approximate surface area is 237 Å². The number of thioether (sulfide) groups is 1. The maximum atomic E-state index is 12.1. The zero-order chi connectivity index (χ0) is 26.8. The second-order valence-electron chi connectivity index (χ2n) is 11.4. The molecular formula is C31H63NO3SSi. The van der Waals surface area contributed by atoms with Crippen LogP contribution in [0.5, 0.6) is 0 Å².